The van der Waals surface area contributed by atoms with E-state index in [4.69, 9.17) is 9.47 Å². The molecule has 4 aliphatic rings. The molecule has 134 valence electrons. The van der Waals surface area contributed by atoms with Crippen LogP contribution in [0.2, 0.25) is 0 Å². The van der Waals surface area contributed by atoms with Gasteiger partial charge < -0.3 is 9.47 Å². The lowest BCUT2D eigenvalue weighted by Gasteiger charge is -2.32. The maximum Gasteiger partial charge on any atom is 0.109 e. The molecule has 0 aromatic heterocycles. The Morgan fingerprint density at radius 1 is 0.654 bits per heavy atom. The Morgan fingerprint density at radius 3 is 1.62 bits per heavy atom. The van der Waals surface area contributed by atoms with Crippen LogP contribution in [0.1, 0.15) is 35.1 Å². The van der Waals surface area contributed by atoms with E-state index in [1.807, 2.05) is 0 Å². The first-order chi connectivity index (χ1) is 12.8. The van der Waals surface area contributed by atoms with E-state index in [0.717, 1.165) is 52.2 Å². The van der Waals surface area contributed by atoms with Gasteiger partial charge in [0.1, 0.15) is 11.2 Å². The van der Waals surface area contributed by atoms with E-state index in [0.29, 0.717) is 0 Å². The van der Waals surface area contributed by atoms with Crippen LogP contribution >= 0.6 is 0 Å². The van der Waals surface area contributed by atoms with Gasteiger partial charge in [-0.2, -0.15) is 0 Å². The molecule has 2 atom stereocenters. The lowest BCUT2D eigenvalue weighted by Crippen LogP contribution is -2.43. The smallest absolute Gasteiger partial charge is 0.109 e. The average molecular weight is 348 g/mol. The zero-order chi connectivity index (χ0) is 17.2. The highest BCUT2D eigenvalue weighted by Crippen LogP contribution is 2.47. The highest BCUT2D eigenvalue weighted by Gasteiger charge is 2.51. The Labute approximate surface area is 154 Å². The number of fused-ring (bicyclic) bond motifs is 4. The van der Waals surface area contributed by atoms with Gasteiger partial charge in [0.2, 0.25) is 0 Å². The molecular formula is C22H24N2O2. The summed E-state index contributed by atoms with van der Waals surface area (Å²) in [7, 11) is 0. The molecule has 4 aliphatic heterocycles. The first-order valence-corrected chi connectivity index (χ1v) is 9.73. The van der Waals surface area contributed by atoms with Crippen molar-refractivity contribution in [2.45, 2.75) is 37.3 Å². The number of hydrazine groups is 1. The van der Waals surface area contributed by atoms with Gasteiger partial charge >= 0.3 is 0 Å². The van der Waals surface area contributed by atoms with Crippen LogP contribution in [-0.4, -0.2) is 36.2 Å². The Balaban J connectivity index is 1.24. The van der Waals surface area contributed by atoms with E-state index >= 15 is 0 Å². The quantitative estimate of drug-likeness (QED) is 0.790. The van der Waals surface area contributed by atoms with E-state index in [2.05, 4.69) is 58.5 Å². The number of rotatable bonds is 1. The van der Waals surface area contributed by atoms with Crippen molar-refractivity contribution in [3.63, 3.8) is 0 Å². The molecule has 0 aliphatic carbocycles. The molecule has 2 aromatic rings. The van der Waals surface area contributed by atoms with Gasteiger partial charge in [-0.25, -0.2) is 10.0 Å². The van der Waals surface area contributed by atoms with Gasteiger partial charge in [0.05, 0.1) is 13.2 Å². The minimum Gasteiger partial charge on any atom is -0.364 e. The van der Waals surface area contributed by atoms with E-state index in [-0.39, 0.29) is 11.2 Å². The number of nitrogens with zero attached hydrogens (tertiary/aromatic N) is 2. The predicted octanol–water partition coefficient (Wildman–Crippen LogP) is 3.16. The molecule has 26 heavy (non-hydrogen) atoms. The molecule has 2 spiro atoms. The van der Waals surface area contributed by atoms with Crippen molar-refractivity contribution < 1.29 is 9.47 Å². The van der Waals surface area contributed by atoms with Crippen molar-refractivity contribution in [2.24, 2.45) is 0 Å². The van der Waals surface area contributed by atoms with E-state index in [9.17, 15) is 0 Å². The zero-order valence-corrected chi connectivity index (χ0v) is 15.0. The maximum absolute atomic E-state index is 6.34. The third-order valence-corrected chi connectivity index (χ3v) is 6.85. The van der Waals surface area contributed by atoms with Crippen LogP contribution < -0.4 is 0 Å². The van der Waals surface area contributed by atoms with Gasteiger partial charge in [-0.15, -0.1) is 0 Å². The molecule has 6 rings (SSSR count). The first-order valence-electron chi connectivity index (χ1n) is 9.73. The Bertz CT molecular complexity index is 797. The van der Waals surface area contributed by atoms with E-state index in [1.165, 1.54) is 22.3 Å². The second-order valence-corrected chi connectivity index (χ2v) is 8.16. The summed E-state index contributed by atoms with van der Waals surface area (Å²) >= 11 is 0. The van der Waals surface area contributed by atoms with Crippen LogP contribution in [-0.2, 0) is 33.9 Å². The van der Waals surface area contributed by atoms with Gasteiger partial charge in [-0.05, 0) is 35.1 Å². The summed E-state index contributed by atoms with van der Waals surface area (Å²) in [4.78, 5) is 0. The molecule has 0 saturated carbocycles. The first kappa shape index (κ1) is 15.3. The number of hydrogen-bond acceptors (Lipinski definition) is 4. The molecule has 0 amide bonds. The number of ether oxygens (including phenoxy) is 2. The zero-order valence-electron chi connectivity index (χ0n) is 15.0. The van der Waals surface area contributed by atoms with Crippen molar-refractivity contribution in [1.82, 2.24) is 10.0 Å². The summed E-state index contributed by atoms with van der Waals surface area (Å²) in [6.07, 6.45) is 2.15. The topological polar surface area (TPSA) is 24.9 Å². The van der Waals surface area contributed by atoms with Crippen molar-refractivity contribution in [2.75, 3.05) is 26.2 Å². The van der Waals surface area contributed by atoms with E-state index in [1.54, 1.807) is 0 Å². The lowest BCUT2D eigenvalue weighted by molar-refractivity contribution is -0.0786. The van der Waals surface area contributed by atoms with Crippen molar-refractivity contribution in [3.8, 4) is 0 Å². The van der Waals surface area contributed by atoms with Gasteiger partial charge in [0.25, 0.3) is 0 Å². The van der Waals surface area contributed by atoms with Gasteiger partial charge in [-0.3, -0.25) is 0 Å². The van der Waals surface area contributed by atoms with Crippen LogP contribution in [0, 0.1) is 0 Å². The van der Waals surface area contributed by atoms with Crippen molar-refractivity contribution in [1.29, 1.82) is 0 Å². The van der Waals surface area contributed by atoms with Crippen LogP contribution in [0.25, 0.3) is 0 Å². The van der Waals surface area contributed by atoms with E-state index < -0.39 is 0 Å². The second-order valence-electron chi connectivity index (χ2n) is 8.16. The minimum absolute atomic E-state index is 0.110. The molecule has 4 heteroatoms. The summed E-state index contributed by atoms with van der Waals surface area (Å²) in [5.41, 5.74) is 5.31. The Hall–Kier alpha value is -1.72. The van der Waals surface area contributed by atoms with Gasteiger partial charge in [0.15, 0.2) is 0 Å². The highest BCUT2D eigenvalue weighted by molar-refractivity contribution is 5.38. The standard InChI is InChI=1S/C22H24N2O2/c1-3-7-19-17(5-1)13-25-21(19)9-11-23(15-21)24-12-10-22(16-24)20-8-4-2-6-18(20)14-26-22/h1-8H,9-16H2. The molecule has 0 bridgehead atoms. The second kappa shape index (κ2) is 5.40. The average Bonchev–Trinajstić information content (AvgIpc) is 3.45. The molecular weight excluding hydrogens is 324 g/mol. The summed E-state index contributed by atoms with van der Waals surface area (Å²) in [5.74, 6) is 0. The number of benzene rings is 2. The summed E-state index contributed by atoms with van der Waals surface area (Å²) in [6.45, 7) is 5.55. The van der Waals surface area contributed by atoms with Crippen LogP contribution in [0.5, 0.6) is 0 Å². The predicted molar refractivity (Wildman–Crippen MR) is 98.2 cm³/mol. The molecule has 2 fully saturated rings. The van der Waals surface area contributed by atoms with Crippen LogP contribution in [0.3, 0.4) is 0 Å². The fourth-order valence-corrected chi connectivity index (χ4v) is 5.45. The normalized spacial score (nSPS) is 33.4. The van der Waals surface area contributed by atoms with Crippen LogP contribution in [0.15, 0.2) is 48.5 Å². The lowest BCUT2D eigenvalue weighted by atomic mass is 9.92. The Kier molecular flexibility index (Phi) is 3.19. The molecule has 2 aromatic carbocycles. The summed E-state index contributed by atoms with van der Waals surface area (Å²) in [6, 6.07) is 17.5. The third-order valence-electron chi connectivity index (χ3n) is 6.85. The molecule has 0 radical (unpaired) electrons. The number of hydrogen-bond donors (Lipinski definition) is 0. The highest BCUT2D eigenvalue weighted by atomic mass is 16.5. The van der Waals surface area contributed by atoms with Gasteiger partial charge in [-0.1, -0.05) is 48.5 Å². The fourth-order valence-electron chi connectivity index (χ4n) is 5.45. The Morgan fingerprint density at radius 2 is 1.12 bits per heavy atom. The monoisotopic (exact) mass is 348 g/mol. The van der Waals surface area contributed by atoms with Crippen molar-refractivity contribution >= 4 is 0 Å². The maximum atomic E-state index is 6.34. The fraction of sp³-hybridized carbons (Fsp3) is 0.455. The molecule has 2 saturated heterocycles. The SMILES string of the molecule is c1ccc2c(c1)COC21CCN(N2CCC3(C2)OCc2ccccc23)C1. The molecule has 4 nitrogen and oxygen atoms in total. The van der Waals surface area contributed by atoms with Crippen molar-refractivity contribution in [3.05, 3.63) is 70.8 Å². The summed E-state index contributed by atoms with van der Waals surface area (Å²) < 4.78 is 12.7. The van der Waals surface area contributed by atoms with Gasteiger partial charge in [0, 0.05) is 26.2 Å². The van der Waals surface area contributed by atoms with Crippen LogP contribution in [0.4, 0.5) is 0 Å². The summed E-state index contributed by atoms with van der Waals surface area (Å²) in [5, 5.41) is 5.03. The largest absolute Gasteiger partial charge is 0.364 e. The molecule has 4 heterocycles. The molecule has 0 N–H and O–H groups in total. The third kappa shape index (κ3) is 2.04. The molecule has 2 unspecified atom stereocenters. The minimum atomic E-state index is -0.110.